The quantitative estimate of drug-likeness (QED) is 0.784. The van der Waals surface area contributed by atoms with Gasteiger partial charge in [-0.15, -0.1) is 12.4 Å². The SMILES string of the molecule is Cl.O=C(CN1CCCCC1)c1ccc(Cl)c(Cl)c1. The molecule has 0 radical (unpaired) electrons. The summed E-state index contributed by atoms with van der Waals surface area (Å²) < 4.78 is 0. The van der Waals surface area contributed by atoms with Crippen LogP contribution in [0.25, 0.3) is 0 Å². The van der Waals surface area contributed by atoms with Crippen LogP contribution in [0.2, 0.25) is 10.0 Å². The third-order valence-electron chi connectivity index (χ3n) is 3.06. The number of halogens is 3. The number of carbonyl (C=O) groups excluding carboxylic acids is 1. The van der Waals surface area contributed by atoms with Crippen molar-refractivity contribution in [1.29, 1.82) is 0 Å². The average molecular weight is 309 g/mol. The first-order valence-electron chi connectivity index (χ1n) is 5.87. The van der Waals surface area contributed by atoms with E-state index in [1.165, 1.54) is 19.3 Å². The highest BCUT2D eigenvalue weighted by Crippen LogP contribution is 2.23. The van der Waals surface area contributed by atoms with Gasteiger partial charge in [-0.05, 0) is 44.1 Å². The first-order valence-corrected chi connectivity index (χ1v) is 6.63. The highest BCUT2D eigenvalue weighted by Gasteiger charge is 2.15. The summed E-state index contributed by atoms with van der Waals surface area (Å²) in [6, 6.07) is 5.06. The Kier molecular flexibility index (Phi) is 6.44. The van der Waals surface area contributed by atoms with Crippen LogP contribution in [0.15, 0.2) is 18.2 Å². The minimum absolute atomic E-state index is 0. The number of nitrogens with zero attached hydrogens (tertiary/aromatic N) is 1. The molecule has 1 saturated heterocycles. The second-order valence-electron chi connectivity index (χ2n) is 4.39. The average Bonchev–Trinajstić information content (AvgIpc) is 2.34. The Hall–Kier alpha value is -0.280. The van der Waals surface area contributed by atoms with Crippen LogP contribution in [0.4, 0.5) is 0 Å². The molecule has 0 saturated carbocycles. The maximum absolute atomic E-state index is 12.0. The Morgan fingerprint density at radius 3 is 2.39 bits per heavy atom. The summed E-state index contributed by atoms with van der Waals surface area (Å²) in [6.45, 7) is 2.53. The number of Topliss-reactive ketones (excluding diaryl/α,β-unsaturated/α-hetero) is 1. The molecule has 1 aliphatic rings. The van der Waals surface area contributed by atoms with Gasteiger partial charge in [-0.1, -0.05) is 29.6 Å². The molecule has 2 nitrogen and oxygen atoms in total. The second-order valence-corrected chi connectivity index (χ2v) is 5.20. The van der Waals surface area contributed by atoms with Gasteiger partial charge in [0.15, 0.2) is 5.78 Å². The van der Waals surface area contributed by atoms with Crippen molar-refractivity contribution in [2.75, 3.05) is 19.6 Å². The number of hydrogen-bond acceptors (Lipinski definition) is 2. The summed E-state index contributed by atoms with van der Waals surface area (Å²) >= 11 is 11.7. The van der Waals surface area contributed by atoms with Gasteiger partial charge >= 0.3 is 0 Å². The van der Waals surface area contributed by atoms with Crippen molar-refractivity contribution in [2.24, 2.45) is 0 Å². The number of ketones is 1. The largest absolute Gasteiger partial charge is 0.296 e. The molecule has 0 amide bonds. The van der Waals surface area contributed by atoms with Crippen LogP contribution in [0.1, 0.15) is 29.6 Å². The molecule has 0 spiro atoms. The molecule has 0 aromatic heterocycles. The van der Waals surface area contributed by atoms with Gasteiger partial charge in [0, 0.05) is 5.56 Å². The Morgan fingerprint density at radius 2 is 1.78 bits per heavy atom. The predicted molar refractivity (Wildman–Crippen MR) is 78.3 cm³/mol. The normalized spacial score (nSPS) is 16.1. The molecular weight excluding hydrogens is 293 g/mol. The zero-order valence-electron chi connectivity index (χ0n) is 9.99. The molecule has 0 aliphatic carbocycles. The molecular formula is C13H16Cl3NO. The summed E-state index contributed by atoms with van der Waals surface area (Å²) in [4.78, 5) is 14.2. The number of rotatable bonds is 3. The van der Waals surface area contributed by atoms with Gasteiger partial charge in [-0.25, -0.2) is 0 Å². The van der Waals surface area contributed by atoms with E-state index in [2.05, 4.69) is 4.90 Å². The van der Waals surface area contributed by atoms with Crippen LogP contribution in [-0.4, -0.2) is 30.3 Å². The minimum Gasteiger partial charge on any atom is -0.296 e. The fourth-order valence-electron chi connectivity index (χ4n) is 2.08. The molecule has 1 aliphatic heterocycles. The lowest BCUT2D eigenvalue weighted by molar-refractivity contribution is 0.0915. The lowest BCUT2D eigenvalue weighted by Crippen LogP contribution is -2.34. The van der Waals surface area contributed by atoms with Gasteiger partial charge < -0.3 is 0 Å². The summed E-state index contributed by atoms with van der Waals surface area (Å²) in [5.41, 5.74) is 0.643. The summed E-state index contributed by atoms with van der Waals surface area (Å²) in [7, 11) is 0. The van der Waals surface area contributed by atoms with E-state index in [1.807, 2.05) is 0 Å². The van der Waals surface area contributed by atoms with E-state index >= 15 is 0 Å². The van der Waals surface area contributed by atoms with Gasteiger partial charge in [0.05, 0.1) is 16.6 Å². The maximum atomic E-state index is 12.0. The van der Waals surface area contributed by atoms with Crippen molar-refractivity contribution in [3.05, 3.63) is 33.8 Å². The lowest BCUT2D eigenvalue weighted by Gasteiger charge is -2.25. The Bertz CT molecular complexity index is 417. The van der Waals surface area contributed by atoms with Crippen molar-refractivity contribution in [2.45, 2.75) is 19.3 Å². The van der Waals surface area contributed by atoms with Crippen LogP contribution < -0.4 is 0 Å². The van der Waals surface area contributed by atoms with E-state index in [4.69, 9.17) is 23.2 Å². The first kappa shape index (κ1) is 15.8. The third kappa shape index (κ3) is 4.13. The fourth-order valence-corrected chi connectivity index (χ4v) is 2.38. The van der Waals surface area contributed by atoms with Crippen LogP contribution in [-0.2, 0) is 0 Å². The predicted octanol–water partition coefficient (Wildman–Crippen LogP) is 4.08. The summed E-state index contributed by atoms with van der Waals surface area (Å²) in [5, 5.41) is 0.928. The molecule has 0 bridgehead atoms. The molecule has 0 unspecified atom stereocenters. The maximum Gasteiger partial charge on any atom is 0.176 e. The van der Waals surface area contributed by atoms with Crippen molar-refractivity contribution in [3.63, 3.8) is 0 Å². The molecule has 18 heavy (non-hydrogen) atoms. The van der Waals surface area contributed by atoms with Gasteiger partial charge in [-0.3, -0.25) is 9.69 Å². The summed E-state index contributed by atoms with van der Waals surface area (Å²) in [6.07, 6.45) is 3.65. The Morgan fingerprint density at radius 1 is 1.11 bits per heavy atom. The van der Waals surface area contributed by atoms with Crippen molar-refractivity contribution >= 4 is 41.4 Å². The standard InChI is InChI=1S/C13H15Cl2NO.ClH/c14-11-5-4-10(8-12(11)15)13(17)9-16-6-2-1-3-7-16;/h4-5,8H,1-3,6-7,9H2;1H. The van der Waals surface area contributed by atoms with Crippen molar-refractivity contribution in [1.82, 2.24) is 4.90 Å². The van der Waals surface area contributed by atoms with Gasteiger partial charge in [0.25, 0.3) is 0 Å². The molecule has 100 valence electrons. The highest BCUT2D eigenvalue weighted by atomic mass is 35.5. The molecule has 1 heterocycles. The van der Waals surface area contributed by atoms with E-state index in [1.54, 1.807) is 18.2 Å². The van der Waals surface area contributed by atoms with Crippen LogP contribution >= 0.6 is 35.6 Å². The van der Waals surface area contributed by atoms with E-state index < -0.39 is 0 Å². The first-order chi connectivity index (χ1) is 8.16. The molecule has 1 fully saturated rings. The van der Waals surface area contributed by atoms with Crippen LogP contribution in [0.3, 0.4) is 0 Å². The number of piperidine rings is 1. The van der Waals surface area contributed by atoms with Gasteiger partial charge in [0.2, 0.25) is 0 Å². The third-order valence-corrected chi connectivity index (χ3v) is 3.80. The summed E-state index contributed by atoms with van der Waals surface area (Å²) in [5.74, 6) is 0.116. The molecule has 2 rings (SSSR count). The van der Waals surface area contributed by atoms with Crippen molar-refractivity contribution < 1.29 is 4.79 Å². The fraction of sp³-hybridized carbons (Fsp3) is 0.462. The van der Waals surface area contributed by atoms with Crippen molar-refractivity contribution in [3.8, 4) is 0 Å². The van der Waals surface area contributed by atoms with E-state index in [-0.39, 0.29) is 18.2 Å². The van der Waals surface area contributed by atoms with Crippen LogP contribution in [0, 0.1) is 0 Å². The van der Waals surface area contributed by atoms with E-state index in [0.717, 1.165) is 13.1 Å². The molecule has 0 N–H and O–H groups in total. The zero-order valence-corrected chi connectivity index (χ0v) is 12.3. The number of likely N-dealkylation sites (tertiary alicyclic amines) is 1. The molecule has 1 aromatic carbocycles. The lowest BCUT2D eigenvalue weighted by atomic mass is 10.1. The molecule has 1 aromatic rings. The number of carbonyl (C=O) groups is 1. The van der Waals surface area contributed by atoms with E-state index in [0.29, 0.717) is 22.2 Å². The highest BCUT2D eigenvalue weighted by molar-refractivity contribution is 6.42. The Balaban J connectivity index is 0.00000162. The second kappa shape index (κ2) is 7.34. The number of benzene rings is 1. The number of hydrogen-bond donors (Lipinski definition) is 0. The Labute approximate surface area is 124 Å². The zero-order chi connectivity index (χ0) is 12.3. The monoisotopic (exact) mass is 307 g/mol. The molecule has 5 heteroatoms. The topological polar surface area (TPSA) is 20.3 Å². The molecule has 0 atom stereocenters. The van der Waals surface area contributed by atoms with Crippen LogP contribution in [0.5, 0.6) is 0 Å². The minimum atomic E-state index is 0. The van der Waals surface area contributed by atoms with Gasteiger partial charge in [0.1, 0.15) is 0 Å². The smallest absolute Gasteiger partial charge is 0.176 e. The van der Waals surface area contributed by atoms with Gasteiger partial charge in [-0.2, -0.15) is 0 Å². The van der Waals surface area contributed by atoms with E-state index in [9.17, 15) is 4.79 Å².